The minimum Gasteiger partial charge on any atom is -0.289 e. The fourth-order valence-electron chi connectivity index (χ4n) is 2.68. The van der Waals surface area contributed by atoms with Gasteiger partial charge in [0.05, 0.1) is 0 Å². The van der Waals surface area contributed by atoms with Crippen molar-refractivity contribution in [3.05, 3.63) is 95.1 Å². The molecule has 23 heavy (non-hydrogen) atoms. The number of hydrogen-bond acceptors (Lipinski definition) is 1. The van der Waals surface area contributed by atoms with Crippen LogP contribution in [0, 0.1) is 13.8 Å². The van der Waals surface area contributed by atoms with Gasteiger partial charge >= 0.3 is 0 Å². The maximum absolute atomic E-state index is 13.0. The highest BCUT2D eigenvalue weighted by atomic mass is 31.1. The van der Waals surface area contributed by atoms with Crippen LogP contribution >= 0.6 is 8.58 Å². The van der Waals surface area contributed by atoms with Crippen LogP contribution in [0.3, 0.4) is 0 Å². The van der Waals surface area contributed by atoms with Gasteiger partial charge in [0, 0.05) is 11.1 Å². The Kier molecular flexibility index (Phi) is 4.69. The second kappa shape index (κ2) is 6.89. The fraction of sp³-hybridized carbons (Fsp3) is 0.0952. The zero-order valence-electron chi connectivity index (χ0n) is 13.3. The lowest BCUT2D eigenvalue weighted by Gasteiger charge is -2.11. The molecule has 0 saturated carbocycles. The van der Waals surface area contributed by atoms with E-state index in [1.165, 1.54) is 10.9 Å². The van der Waals surface area contributed by atoms with Crippen molar-refractivity contribution in [1.82, 2.24) is 0 Å². The molecule has 0 amide bonds. The van der Waals surface area contributed by atoms with Gasteiger partial charge in [-0.25, -0.2) is 0 Å². The Morgan fingerprint density at radius 1 is 0.783 bits per heavy atom. The highest BCUT2D eigenvalue weighted by molar-refractivity contribution is 7.55. The molecule has 0 bridgehead atoms. The summed E-state index contributed by atoms with van der Waals surface area (Å²) in [6, 6.07) is 24.3. The van der Waals surface area contributed by atoms with E-state index in [2.05, 4.69) is 24.3 Å². The van der Waals surface area contributed by atoms with Crippen LogP contribution in [0.25, 0.3) is 0 Å². The molecule has 0 heterocycles. The van der Waals surface area contributed by atoms with Crippen molar-refractivity contribution in [3.8, 4) is 0 Å². The van der Waals surface area contributed by atoms with E-state index in [0.717, 1.165) is 22.0 Å². The van der Waals surface area contributed by atoms with Crippen LogP contribution in [0.15, 0.2) is 72.8 Å². The quantitative estimate of drug-likeness (QED) is 0.521. The molecule has 0 fully saturated rings. The second-order valence-electron chi connectivity index (χ2n) is 5.68. The average molecular weight is 318 g/mol. The summed E-state index contributed by atoms with van der Waals surface area (Å²) in [6.45, 7) is 4.05. The van der Waals surface area contributed by atoms with E-state index in [1.807, 2.05) is 62.4 Å². The normalized spacial score (nSPS) is 11.0. The molecule has 1 atom stereocenters. The molecule has 114 valence electrons. The molecule has 0 spiro atoms. The van der Waals surface area contributed by atoms with Gasteiger partial charge in [-0.2, -0.15) is 0 Å². The molecule has 3 rings (SSSR count). The molecule has 0 N–H and O–H groups in total. The highest BCUT2D eigenvalue weighted by Gasteiger charge is 2.15. The topological polar surface area (TPSA) is 17.1 Å². The van der Waals surface area contributed by atoms with Gasteiger partial charge in [0.2, 0.25) is 0 Å². The SMILES string of the molecule is Cc1ccc(C(=O)c2ccccc2Pc2ccccc2)c(C)c1. The van der Waals surface area contributed by atoms with Crippen molar-refractivity contribution >= 4 is 25.0 Å². The summed E-state index contributed by atoms with van der Waals surface area (Å²) < 4.78 is 0. The lowest BCUT2D eigenvalue weighted by atomic mass is 9.97. The largest absolute Gasteiger partial charge is 0.289 e. The van der Waals surface area contributed by atoms with Crippen molar-refractivity contribution in [2.45, 2.75) is 13.8 Å². The molecule has 1 nitrogen and oxygen atoms in total. The van der Waals surface area contributed by atoms with Crippen LogP contribution < -0.4 is 10.6 Å². The van der Waals surface area contributed by atoms with Crippen LogP contribution in [-0.4, -0.2) is 5.78 Å². The Morgan fingerprint density at radius 3 is 2.22 bits per heavy atom. The number of ketones is 1. The molecule has 0 aliphatic carbocycles. The maximum Gasteiger partial charge on any atom is 0.193 e. The van der Waals surface area contributed by atoms with Gasteiger partial charge in [0.1, 0.15) is 0 Å². The Balaban J connectivity index is 1.98. The van der Waals surface area contributed by atoms with Crippen molar-refractivity contribution in [1.29, 1.82) is 0 Å². The lowest BCUT2D eigenvalue weighted by molar-refractivity contribution is 0.103. The third-order valence-corrected chi connectivity index (χ3v) is 5.18. The minimum absolute atomic E-state index is 0.113. The fourth-order valence-corrected chi connectivity index (χ4v) is 3.86. The van der Waals surface area contributed by atoms with E-state index in [0.29, 0.717) is 8.58 Å². The van der Waals surface area contributed by atoms with Crippen LogP contribution in [0.2, 0.25) is 0 Å². The Bertz CT molecular complexity index is 837. The molecule has 1 unspecified atom stereocenters. The lowest BCUT2D eigenvalue weighted by Crippen LogP contribution is -2.15. The molecule has 2 heteroatoms. The minimum atomic E-state index is 0.113. The summed E-state index contributed by atoms with van der Waals surface area (Å²) in [5, 5.41) is 2.34. The predicted octanol–water partition coefficient (Wildman–Crippen LogP) is 4.16. The first-order valence-electron chi connectivity index (χ1n) is 7.68. The van der Waals surface area contributed by atoms with Gasteiger partial charge in [-0.1, -0.05) is 86.9 Å². The van der Waals surface area contributed by atoms with Crippen LogP contribution in [0.5, 0.6) is 0 Å². The maximum atomic E-state index is 13.0. The molecule has 3 aromatic carbocycles. The molecular formula is C21H19OP. The average Bonchev–Trinajstić information content (AvgIpc) is 2.56. The standard InChI is InChI=1S/C21H19OP/c1-15-12-13-18(16(2)14-15)21(22)19-10-6-7-11-20(19)23-17-8-4-3-5-9-17/h3-14,23H,1-2H3. The number of benzene rings is 3. The van der Waals surface area contributed by atoms with Gasteiger partial charge in [0.15, 0.2) is 5.78 Å². The van der Waals surface area contributed by atoms with Gasteiger partial charge in [0.25, 0.3) is 0 Å². The van der Waals surface area contributed by atoms with Gasteiger partial charge in [-0.3, -0.25) is 4.79 Å². The summed E-state index contributed by atoms with van der Waals surface area (Å²) in [5.41, 5.74) is 3.81. The van der Waals surface area contributed by atoms with E-state index in [1.54, 1.807) is 0 Å². The summed E-state index contributed by atoms with van der Waals surface area (Å²) in [4.78, 5) is 13.0. The summed E-state index contributed by atoms with van der Waals surface area (Å²) >= 11 is 0. The van der Waals surface area contributed by atoms with E-state index in [9.17, 15) is 4.79 Å². The van der Waals surface area contributed by atoms with E-state index in [-0.39, 0.29) is 5.78 Å². The first kappa shape index (κ1) is 15.6. The van der Waals surface area contributed by atoms with E-state index < -0.39 is 0 Å². The smallest absolute Gasteiger partial charge is 0.193 e. The van der Waals surface area contributed by atoms with Gasteiger partial charge in [-0.05, 0) is 30.0 Å². The molecule has 0 radical (unpaired) electrons. The molecule has 0 saturated heterocycles. The zero-order chi connectivity index (χ0) is 16.2. The third kappa shape index (κ3) is 3.57. The molecule has 0 aliphatic rings. The number of carbonyl (C=O) groups is 1. The summed E-state index contributed by atoms with van der Waals surface area (Å²) in [6.07, 6.45) is 0. The molecule has 3 aromatic rings. The Labute approximate surface area is 139 Å². The van der Waals surface area contributed by atoms with Crippen LogP contribution in [0.1, 0.15) is 27.0 Å². The Hall–Kier alpha value is -2.24. The van der Waals surface area contributed by atoms with E-state index >= 15 is 0 Å². The monoisotopic (exact) mass is 318 g/mol. The van der Waals surface area contributed by atoms with Gasteiger partial charge in [-0.15, -0.1) is 0 Å². The number of rotatable bonds is 4. The summed E-state index contributed by atoms with van der Waals surface area (Å²) in [7, 11) is 0.487. The van der Waals surface area contributed by atoms with E-state index in [4.69, 9.17) is 0 Å². The first-order chi connectivity index (χ1) is 11.1. The first-order valence-corrected chi connectivity index (χ1v) is 8.68. The second-order valence-corrected chi connectivity index (χ2v) is 7.05. The Morgan fingerprint density at radius 2 is 1.48 bits per heavy atom. The molecular weight excluding hydrogens is 299 g/mol. The van der Waals surface area contributed by atoms with Crippen molar-refractivity contribution in [2.24, 2.45) is 0 Å². The van der Waals surface area contributed by atoms with Crippen LogP contribution in [-0.2, 0) is 0 Å². The summed E-state index contributed by atoms with van der Waals surface area (Å²) in [5.74, 6) is 0.113. The molecule has 0 aliphatic heterocycles. The van der Waals surface area contributed by atoms with Crippen molar-refractivity contribution in [2.75, 3.05) is 0 Å². The predicted molar refractivity (Wildman–Crippen MR) is 99.8 cm³/mol. The van der Waals surface area contributed by atoms with Crippen LogP contribution in [0.4, 0.5) is 0 Å². The number of hydrogen-bond donors (Lipinski definition) is 0. The third-order valence-electron chi connectivity index (χ3n) is 3.85. The van der Waals surface area contributed by atoms with Crippen molar-refractivity contribution in [3.63, 3.8) is 0 Å². The van der Waals surface area contributed by atoms with Gasteiger partial charge < -0.3 is 0 Å². The van der Waals surface area contributed by atoms with Crippen molar-refractivity contribution < 1.29 is 4.79 Å². The highest BCUT2D eigenvalue weighted by Crippen LogP contribution is 2.19. The number of aryl methyl sites for hydroxylation is 2. The zero-order valence-corrected chi connectivity index (χ0v) is 14.3. The molecule has 0 aromatic heterocycles. The number of carbonyl (C=O) groups excluding carboxylic acids is 1.